The Morgan fingerprint density at radius 3 is 0.550 bits per heavy atom. The Labute approximate surface area is 106 Å². The first kappa shape index (κ1) is 14.8. The SMILES string of the molecule is O=c1c(O)c(O)c(=O)c1=O.O=c1c(O)c(O)c(=O)c1=O. The van der Waals surface area contributed by atoms with Crippen LogP contribution in [0.5, 0.6) is 23.0 Å². The molecule has 0 aliphatic carbocycles. The van der Waals surface area contributed by atoms with Crippen molar-refractivity contribution in [3.8, 4) is 23.0 Å². The highest BCUT2D eigenvalue weighted by Crippen LogP contribution is 2.10. The molecule has 0 bridgehead atoms. The van der Waals surface area contributed by atoms with Crippen molar-refractivity contribution in [1.29, 1.82) is 0 Å². The second-order valence-corrected chi connectivity index (χ2v) is 3.37. The molecule has 20 heavy (non-hydrogen) atoms. The van der Waals surface area contributed by atoms with E-state index in [0.29, 0.717) is 0 Å². The van der Waals surface area contributed by atoms with Crippen molar-refractivity contribution in [3.63, 3.8) is 0 Å². The van der Waals surface area contributed by atoms with Gasteiger partial charge in [0, 0.05) is 0 Å². The standard InChI is InChI=1S/2C5H2O5/c2*6-1-2(7)4(9)5(10)3(1)8/h2*6-7H. The first-order valence-corrected chi connectivity index (χ1v) is 4.62. The maximum atomic E-state index is 10.3. The Hall–Kier alpha value is -3.30. The molecule has 0 atom stereocenters. The molecule has 0 aliphatic heterocycles. The highest BCUT2D eigenvalue weighted by Gasteiger charge is 2.17. The van der Waals surface area contributed by atoms with Crippen molar-refractivity contribution < 1.29 is 20.4 Å². The first-order valence-electron chi connectivity index (χ1n) is 4.62. The predicted molar refractivity (Wildman–Crippen MR) is 61.9 cm³/mol. The van der Waals surface area contributed by atoms with Crippen LogP contribution in [0.3, 0.4) is 0 Å². The van der Waals surface area contributed by atoms with Gasteiger partial charge in [0.1, 0.15) is 0 Å². The normalized spacial score (nSPS) is 10.0. The van der Waals surface area contributed by atoms with E-state index in [9.17, 15) is 28.8 Å². The third-order valence-corrected chi connectivity index (χ3v) is 2.13. The van der Waals surface area contributed by atoms with Crippen molar-refractivity contribution in [2.24, 2.45) is 0 Å². The monoisotopic (exact) mass is 284 g/mol. The first-order chi connectivity index (χ1) is 9.11. The van der Waals surface area contributed by atoms with Crippen molar-refractivity contribution in [2.75, 3.05) is 0 Å². The molecule has 10 heteroatoms. The molecule has 0 unspecified atom stereocenters. The minimum atomic E-state index is -1.39. The highest BCUT2D eigenvalue weighted by atomic mass is 16.3. The number of aromatic hydroxyl groups is 4. The van der Waals surface area contributed by atoms with Gasteiger partial charge in [-0.05, 0) is 0 Å². The third kappa shape index (κ3) is 2.05. The van der Waals surface area contributed by atoms with Crippen LogP contribution in [0, 0.1) is 0 Å². The van der Waals surface area contributed by atoms with Gasteiger partial charge in [-0.15, -0.1) is 0 Å². The van der Waals surface area contributed by atoms with Crippen LogP contribution < -0.4 is 32.6 Å². The molecule has 0 radical (unpaired) electrons. The molecule has 10 nitrogen and oxygen atoms in total. The molecule has 0 amide bonds. The number of hydrogen-bond donors (Lipinski definition) is 4. The van der Waals surface area contributed by atoms with E-state index in [2.05, 4.69) is 0 Å². The summed E-state index contributed by atoms with van der Waals surface area (Å²) in [7, 11) is 0. The molecule has 2 rings (SSSR count). The average Bonchev–Trinajstić information content (AvgIpc) is 2.71. The lowest BCUT2D eigenvalue weighted by atomic mass is 10.5. The smallest absolute Gasteiger partial charge is 0.280 e. The second kappa shape index (κ2) is 4.76. The lowest BCUT2D eigenvalue weighted by Gasteiger charge is -1.77. The van der Waals surface area contributed by atoms with E-state index >= 15 is 0 Å². The van der Waals surface area contributed by atoms with Crippen molar-refractivity contribution in [2.45, 2.75) is 0 Å². The van der Waals surface area contributed by atoms with Gasteiger partial charge in [-0.2, -0.15) is 0 Å². The van der Waals surface area contributed by atoms with Crippen LogP contribution in [-0.2, 0) is 0 Å². The van der Waals surface area contributed by atoms with Crippen molar-refractivity contribution in [1.82, 2.24) is 0 Å². The van der Waals surface area contributed by atoms with Crippen molar-refractivity contribution >= 4 is 0 Å². The van der Waals surface area contributed by atoms with Crippen molar-refractivity contribution in [3.05, 3.63) is 61.3 Å². The molecule has 0 saturated heterocycles. The Kier molecular flexibility index (Phi) is 3.51. The quantitative estimate of drug-likeness (QED) is 0.349. The van der Waals surface area contributed by atoms with E-state index in [1.54, 1.807) is 0 Å². The van der Waals surface area contributed by atoms with E-state index in [0.717, 1.165) is 0 Å². The zero-order chi connectivity index (χ0) is 15.8. The average molecular weight is 284 g/mol. The van der Waals surface area contributed by atoms with Crippen LogP contribution in [0.25, 0.3) is 0 Å². The molecule has 0 heterocycles. The largest absolute Gasteiger partial charge is 0.501 e. The van der Waals surface area contributed by atoms with Crippen LogP contribution in [0.4, 0.5) is 0 Å². The van der Waals surface area contributed by atoms with E-state index in [4.69, 9.17) is 20.4 Å². The summed E-state index contributed by atoms with van der Waals surface area (Å²) >= 11 is 0. The molecule has 2 aromatic rings. The fraction of sp³-hybridized carbons (Fsp3) is 0. The van der Waals surface area contributed by atoms with E-state index in [1.165, 1.54) is 0 Å². The molecule has 0 saturated carbocycles. The highest BCUT2D eigenvalue weighted by molar-refractivity contribution is 5.39. The van der Waals surface area contributed by atoms with Crippen LogP contribution in [0.15, 0.2) is 28.8 Å². The van der Waals surface area contributed by atoms with Gasteiger partial charge in [0.05, 0.1) is 0 Å². The Balaban J connectivity index is 0.000000200. The van der Waals surface area contributed by atoms with Crippen LogP contribution in [0.2, 0.25) is 0 Å². The second-order valence-electron chi connectivity index (χ2n) is 3.37. The van der Waals surface area contributed by atoms with Gasteiger partial charge in [-0.25, -0.2) is 0 Å². The fourth-order valence-electron chi connectivity index (χ4n) is 1.07. The topological polar surface area (TPSA) is 183 Å². The summed E-state index contributed by atoms with van der Waals surface area (Å²) in [5.74, 6) is -4.63. The molecular formula is C10H4O10. The lowest BCUT2D eigenvalue weighted by molar-refractivity contribution is 0.402. The zero-order valence-corrected chi connectivity index (χ0v) is 9.24. The molecule has 0 aliphatic rings. The summed E-state index contributed by atoms with van der Waals surface area (Å²) in [5, 5.41) is 33.8. The summed E-state index contributed by atoms with van der Waals surface area (Å²) < 4.78 is 0. The summed E-state index contributed by atoms with van der Waals surface area (Å²) in [6.45, 7) is 0. The maximum Gasteiger partial charge on any atom is 0.280 e. The lowest BCUT2D eigenvalue weighted by Crippen LogP contribution is -2.29. The van der Waals surface area contributed by atoms with E-state index < -0.39 is 55.6 Å². The fourth-order valence-corrected chi connectivity index (χ4v) is 1.07. The molecular weight excluding hydrogens is 280 g/mol. The van der Waals surface area contributed by atoms with Crippen LogP contribution >= 0.6 is 0 Å². The van der Waals surface area contributed by atoms with Gasteiger partial charge in [0.15, 0.2) is 0 Å². The molecule has 0 fully saturated rings. The summed E-state index contributed by atoms with van der Waals surface area (Å²) in [4.78, 5) is 61.7. The molecule has 4 N–H and O–H groups in total. The van der Waals surface area contributed by atoms with Gasteiger partial charge in [-0.1, -0.05) is 0 Å². The number of hydrogen-bond acceptors (Lipinski definition) is 10. The minimum absolute atomic E-state index is 1.16. The van der Waals surface area contributed by atoms with Crippen LogP contribution in [0.1, 0.15) is 0 Å². The van der Waals surface area contributed by atoms with Gasteiger partial charge in [0.25, 0.3) is 32.6 Å². The van der Waals surface area contributed by atoms with E-state index in [1.807, 2.05) is 0 Å². The number of rotatable bonds is 0. The zero-order valence-electron chi connectivity index (χ0n) is 9.24. The molecule has 104 valence electrons. The minimum Gasteiger partial charge on any atom is -0.501 e. The van der Waals surface area contributed by atoms with Crippen LogP contribution in [-0.4, -0.2) is 20.4 Å². The Morgan fingerprint density at radius 1 is 0.350 bits per heavy atom. The Bertz CT molecular complexity index is 797. The van der Waals surface area contributed by atoms with Gasteiger partial charge < -0.3 is 20.4 Å². The summed E-state index contributed by atoms with van der Waals surface area (Å²) in [6, 6.07) is 0. The Morgan fingerprint density at radius 2 is 0.500 bits per heavy atom. The maximum absolute atomic E-state index is 10.3. The molecule has 0 aromatic heterocycles. The van der Waals surface area contributed by atoms with Gasteiger partial charge in [0.2, 0.25) is 23.0 Å². The van der Waals surface area contributed by atoms with E-state index in [-0.39, 0.29) is 0 Å². The third-order valence-electron chi connectivity index (χ3n) is 2.13. The summed E-state index contributed by atoms with van der Waals surface area (Å²) in [5.41, 5.74) is -8.17. The molecule has 0 spiro atoms. The van der Waals surface area contributed by atoms with Gasteiger partial charge in [-0.3, -0.25) is 28.8 Å². The summed E-state index contributed by atoms with van der Waals surface area (Å²) in [6.07, 6.45) is 0. The predicted octanol–water partition coefficient (Wildman–Crippen LogP) is -3.89. The molecule has 2 aromatic carbocycles. The van der Waals surface area contributed by atoms with Gasteiger partial charge >= 0.3 is 0 Å².